The van der Waals surface area contributed by atoms with E-state index in [1.54, 1.807) is 0 Å². The first-order chi connectivity index (χ1) is 6.72. The van der Waals surface area contributed by atoms with Crippen LogP contribution in [0.2, 0.25) is 0 Å². The maximum atomic E-state index is 9.04. The molecule has 3 N–H and O–H groups in total. The van der Waals surface area contributed by atoms with Gasteiger partial charge in [-0.15, -0.1) is 0 Å². The van der Waals surface area contributed by atoms with Crippen LogP contribution in [0.3, 0.4) is 0 Å². The molecule has 1 rings (SSSR count). The maximum absolute atomic E-state index is 9.04. The van der Waals surface area contributed by atoms with Crippen LogP contribution >= 0.6 is 0 Å². The van der Waals surface area contributed by atoms with Gasteiger partial charge in [-0.3, -0.25) is 4.90 Å². The molecule has 0 spiro atoms. The van der Waals surface area contributed by atoms with Gasteiger partial charge in [0.2, 0.25) is 0 Å². The normalized spacial score (nSPS) is 31.7. The minimum Gasteiger partial charge on any atom is -0.394 e. The van der Waals surface area contributed by atoms with Crippen LogP contribution in [0.25, 0.3) is 0 Å². The fourth-order valence-electron chi connectivity index (χ4n) is 1.99. The topological polar surface area (TPSA) is 58.7 Å². The van der Waals surface area contributed by atoms with Gasteiger partial charge in [0.15, 0.2) is 0 Å². The zero-order valence-electron chi connectivity index (χ0n) is 9.15. The van der Waals surface area contributed by atoms with Gasteiger partial charge in [0.25, 0.3) is 0 Å². The first-order valence-electron chi connectivity index (χ1n) is 5.41. The molecule has 1 fully saturated rings. The molecule has 0 radical (unpaired) electrons. The molecule has 3 atom stereocenters. The van der Waals surface area contributed by atoms with Crippen molar-refractivity contribution in [1.82, 2.24) is 4.90 Å². The molecule has 3 unspecified atom stereocenters. The van der Waals surface area contributed by atoms with Crippen molar-refractivity contribution in [2.45, 2.75) is 38.5 Å². The van der Waals surface area contributed by atoms with Crippen LogP contribution in [-0.4, -0.2) is 54.5 Å². The monoisotopic (exact) mass is 202 g/mol. The summed E-state index contributed by atoms with van der Waals surface area (Å²) in [7, 11) is 0. The summed E-state index contributed by atoms with van der Waals surface area (Å²) in [6.45, 7) is 6.57. The summed E-state index contributed by atoms with van der Waals surface area (Å²) in [6, 6.07) is 0.828. The highest BCUT2D eigenvalue weighted by Gasteiger charge is 2.29. The van der Waals surface area contributed by atoms with Gasteiger partial charge in [-0.25, -0.2) is 0 Å². The Kier molecular flexibility index (Phi) is 4.81. The lowest BCUT2D eigenvalue weighted by Gasteiger charge is -2.41. The van der Waals surface area contributed by atoms with Crippen LogP contribution in [0.1, 0.15) is 20.3 Å². The second-order valence-corrected chi connectivity index (χ2v) is 3.98. The molecule has 4 nitrogen and oxygen atoms in total. The molecule has 1 aliphatic rings. The van der Waals surface area contributed by atoms with Crippen LogP contribution in [0.15, 0.2) is 0 Å². The highest BCUT2D eigenvalue weighted by molar-refractivity contribution is 4.82. The Balaban J connectivity index is 2.54. The Hall–Kier alpha value is -0.160. The second kappa shape index (κ2) is 5.66. The standard InChI is InChI=1S/C10H22N2O2/c1-3-9(4-11)12-5-10(6-13)14-7-8(12)2/h8-10,13H,3-7,11H2,1-2H3. The third-order valence-electron chi connectivity index (χ3n) is 2.97. The quantitative estimate of drug-likeness (QED) is 0.663. The van der Waals surface area contributed by atoms with E-state index in [1.807, 2.05) is 0 Å². The third-order valence-corrected chi connectivity index (χ3v) is 2.97. The van der Waals surface area contributed by atoms with Gasteiger partial charge in [-0.1, -0.05) is 6.92 Å². The largest absolute Gasteiger partial charge is 0.394 e. The van der Waals surface area contributed by atoms with Gasteiger partial charge in [0.05, 0.1) is 19.3 Å². The van der Waals surface area contributed by atoms with E-state index >= 15 is 0 Å². The Bertz CT molecular complexity index is 162. The molecule has 14 heavy (non-hydrogen) atoms. The first-order valence-corrected chi connectivity index (χ1v) is 5.41. The van der Waals surface area contributed by atoms with Gasteiger partial charge < -0.3 is 15.6 Å². The number of aliphatic hydroxyl groups excluding tert-OH is 1. The van der Waals surface area contributed by atoms with Gasteiger partial charge >= 0.3 is 0 Å². The number of rotatable bonds is 4. The molecule has 4 heteroatoms. The number of nitrogens with two attached hydrogens (primary N) is 1. The predicted octanol–water partition coefficient (Wildman–Crippen LogP) is -0.195. The molecule has 0 aromatic carbocycles. The number of nitrogens with zero attached hydrogens (tertiary/aromatic N) is 1. The van der Waals surface area contributed by atoms with Crippen molar-refractivity contribution in [3.63, 3.8) is 0 Å². The molecule has 1 saturated heterocycles. The van der Waals surface area contributed by atoms with Crippen molar-refractivity contribution in [3.05, 3.63) is 0 Å². The summed E-state index contributed by atoms with van der Waals surface area (Å²) in [5.74, 6) is 0. The van der Waals surface area contributed by atoms with E-state index < -0.39 is 0 Å². The molecule has 0 aromatic heterocycles. The van der Waals surface area contributed by atoms with Crippen LogP contribution in [0, 0.1) is 0 Å². The number of aliphatic hydroxyl groups is 1. The Morgan fingerprint density at radius 3 is 2.86 bits per heavy atom. The highest BCUT2D eigenvalue weighted by Crippen LogP contribution is 2.16. The van der Waals surface area contributed by atoms with Crippen LogP contribution < -0.4 is 5.73 Å². The molecule has 0 saturated carbocycles. The van der Waals surface area contributed by atoms with Gasteiger partial charge in [-0.2, -0.15) is 0 Å². The summed E-state index contributed by atoms with van der Waals surface area (Å²) in [5, 5.41) is 9.04. The molecule has 84 valence electrons. The van der Waals surface area contributed by atoms with Crippen LogP contribution in [0.4, 0.5) is 0 Å². The van der Waals surface area contributed by atoms with E-state index in [1.165, 1.54) is 0 Å². The SMILES string of the molecule is CCC(CN)N1CC(CO)OCC1C. The minimum atomic E-state index is -0.0354. The highest BCUT2D eigenvalue weighted by atomic mass is 16.5. The average molecular weight is 202 g/mol. The number of ether oxygens (including phenoxy) is 1. The van der Waals surface area contributed by atoms with Gasteiger partial charge in [-0.05, 0) is 13.3 Å². The molecule has 0 amide bonds. The van der Waals surface area contributed by atoms with E-state index in [2.05, 4.69) is 18.7 Å². The van der Waals surface area contributed by atoms with Gasteiger partial charge in [0, 0.05) is 25.2 Å². The molecular weight excluding hydrogens is 180 g/mol. The fourth-order valence-corrected chi connectivity index (χ4v) is 1.99. The summed E-state index contributed by atoms with van der Waals surface area (Å²) in [6.07, 6.45) is 1.02. The van der Waals surface area contributed by atoms with Crippen molar-refractivity contribution in [1.29, 1.82) is 0 Å². The predicted molar refractivity (Wildman–Crippen MR) is 56.1 cm³/mol. The number of hydrogen-bond acceptors (Lipinski definition) is 4. The molecule has 0 aromatic rings. The molecule has 0 aliphatic carbocycles. The zero-order chi connectivity index (χ0) is 10.6. The number of hydrogen-bond donors (Lipinski definition) is 2. The third kappa shape index (κ3) is 2.67. The molecule has 0 bridgehead atoms. The Morgan fingerprint density at radius 2 is 2.36 bits per heavy atom. The molecule has 1 aliphatic heterocycles. The molecule has 1 heterocycles. The summed E-state index contributed by atoms with van der Waals surface area (Å²) < 4.78 is 5.48. The van der Waals surface area contributed by atoms with Crippen molar-refractivity contribution in [2.75, 3.05) is 26.3 Å². The Morgan fingerprint density at radius 1 is 1.64 bits per heavy atom. The van der Waals surface area contributed by atoms with Crippen molar-refractivity contribution in [3.8, 4) is 0 Å². The maximum Gasteiger partial charge on any atom is 0.0933 e. The second-order valence-electron chi connectivity index (χ2n) is 3.98. The first kappa shape index (κ1) is 11.9. The van der Waals surface area contributed by atoms with E-state index in [4.69, 9.17) is 15.6 Å². The zero-order valence-corrected chi connectivity index (χ0v) is 9.15. The Labute approximate surface area is 86.0 Å². The average Bonchev–Trinajstić information content (AvgIpc) is 2.22. The van der Waals surface area contributed by atoms with Crippen molar-refractivity contribution in [2.24, 2.45) is 5.73 Å². The lowest BCUT2D eigenvalue weighted by molar-refractivity contribution is -0.0903. The van der Waals surface area contributed by atoms with E-state index in [-0.39, 0.29) is 12.7 Å². The van der Waals surface area contributed by atoms with Gasteiger partial charge in [0.1, 0.15) is 0 Å². The van der Waals surface area contributed by atoms with Crippen molar-refractivity contribution < 1.29 is 9.84 Å². The lowest BCUT2D eigenvalue weighted by atomic mass is 10.1. The summed E-state index contributed by atoms with van der Waals surface area (Å²) in [5.41, 5.74) is 5.72. The van der Waals surface area contributed by atoms with Crippen LogP contribution in [0.5, 0.6) is 0 Å². The van der Waals surface area contributed by atoms with E-state index in [0.29, 0.717) is 25.2 Å². The van der Waals surface area contributed by atoms with Crippen LogP contribution in [-0.2, 0) is 4.74 Å². The summed E-state index contributed by atoms with van der Waals surface area (Å²) >= 11 is 0. The molecular formula is C10H22N2O2. The van der Waals surface area contributed by atoms with E-state index in [9.17, 15) is 0 Å². The fraction of sp³-hybridized carbons (Fsp3) is 1.00. The van der Waals surface area contributed by atoms with E-state index in [0.717, 1.165) is 13.0 Å². The van der Waals surface area contributed by atoms with Crippen molar-refractivity contribution >= 4 is 0 Å². The smallest absolute Gasteiger partial charge is 0.0933 e. The number of morpholine rings is 1. The lowest BCUT2D eigenvalue weighted by Crippen LogP contribution is -2.55. The minimum absolute atomic E-state index is 0.0354. The summed E-state index contributed by atoms with van der Waals surface area (Å²) in [4.78, 5) is 2.35.